The second-order valence-corrected chi connectivity index (χ2v) is 8.13. The number of nitrogens with one attached hydrogen (secondary N) is 1. The molecule has 130 valence electrons. The van der Waals surface area contributed by atoms with E-state index in [9.17, 15) is 0 Å². The molecule has 24 heavy (non-hydrogen) atoms. The first kappa shape index (κ1) is 17.6. The second-order valence-electron chi connectivity index (χ2n) is 5.63. The molecule has 0 radical (unpaired) electrons. The molecule has 0 saturated heterocycles. The normalized spacial score (nSPS) is 13.9. The molecule has 1 N–H and O–H groups in total. The molecule has 0 aliphatic carbocycles. The number of unbranched alkanes of at least 4 members (excludes halogenated alkanes) is 1. The van der Waals surface area contributed by atoms with Gasteiger partial charge in [-0.15, -0.1) is 11.3 Å². The van der Waals surface area contributed by atoms with Gasteiger partial charge in [-0.2, -0.15) is 0 Å². The zero-order valence-electron chi connectivity index (χ0n) is 13.7. The Bertz CT molecular complexity index is 661. The van der Waals surface area contributed by atoms with Crippen molar-refractivity contribution in [2.75, 3.05) is 19.9 Å². The molecule has 0 bridgehead atoms. The van der Waals surface area contributed by atoms with Crippen LogP contribution in [0.1, 0.15) is 37.2 Å². The Morgan fingerprint density at radius 1 is 1.25 bits per heavy atom. The predicted octanol–water partition coefficient (Wildman–Crippen LogP) is 5.14. The maximum Gasteiger partial charge on any atom is 0.231 e. The Kier molecular flexibility index (Phi) is 6.40. The highest BCUT2D eigenvalue weighted by molar-refractivity contribution is 9.11. The number of thiophene rings is 1. The van der Waals surface area contributed by atoms with Gasteiger partial charge in [0.2, 0.25) is 12.5 Å². The van der Waals surface area contributed by atoms with E-state index in [1.807, 2.05) is 18.2 Å². The summed E-state index contributed by atoms with van der Waals surface area (Å²) in [4.78, 5) is 1.20. The average molecular weight is 412 g/mol. The van der Waals surface area contributed by atoms with Gasteiger partial charge >= 0.3 is 0 Å². The molecule has 6 heteroatoms. The minimum atomic E-state index is -0.00822. The highest BCUT2D eigenvalue weighted by Gasteiger charge is 2.22. The van der Waals surface area contributed by atoms with Crippen molar-refractivity contribution in [2.24, 2.45) is 0 Å². The molecule has 0 amide bonds. The van der Waals surface area contributed by atoms with Crippen molar-refractivity contribution in [1.82, 2.24) is 5.32 Å². The molecule has 1 unspecified atom stereocenters. The maximum atomic E-state index is 6.31. The van der Waals surface area contributed by atoms with Gasteiger partial charge in [0.1, 0.15) is 6.10 Å². The minimum absolute atomic E-state index is 0.00822. The standard InChI is InChI=1S/C18H22BrNO3S/c1-2-3-10-20-11-9-13(16-7-8-17(19)24-16)23-15-6-4-5-14-18(15)22-12-21-14/h4-8,13,20H,2-3,9-12H2,1H3. The summed E-state index contributed by atoms with van der Waals surface area (Å²) in [6.07, 6.45) is 3.30. The topological polar surface area (TPSA) is 39.7 Å². The largest absolute Gasteiger partial charge is 0.481 e. The minimum Gasteiger partial charge on any atom is -0.481 e. The lowest BCUT2D eigenvalue weighted by molar-refractivity contribution is 0.159. The van der Waals surface area contributed by atoms with Crippen LogP contribution in [0.2, 0.25) is 0 Å². The van der Waals surface area contributed by atoms with Crippen LogP contribution in [0.5, 0.6) is 17.2 Å². The van der Waals surface area contributed by atoms with Crippen molar-refractivity contribution in [1.29, 1.82) is 0 Å². The first-order chi connectivity index (χ1) is 11.8. The van der Waals surface area contributed by atoms with Gasteiger partial charge < -0.3 is 19.5 Å². The molecule has 2 aromatic rings. The van der Waals surface area contributed by atoms with Crippen LogP contribution in [0.15, 0.2) is 34.1 Å². The monoisotopic (exact) mass is 411 g/mol. The Hall–Kier alpha value is -1.24. The van der Waals surface area contributed by atoms with Crippen molar-refractivity contribution in [3.63, 3.8) is 0 Å². The lowest BCUT2D eigenvalue weighted by Crippen LogP contribution is -2.20. The van der Waals surface area contributed by atoms with E-state index in [-0.39, 0.29) is 12.9 Å². The van der Waals surface area contributed by atoms with Gasteiger partial charge in [0.05, 0.1) is 3.79 Å². The summed E-state index contributed by atoms with van der Waals surface area (Å²) in [6, 6.07) is 9.96. The number of rotatable bonds is 9. The average Bonchev–Trinajstić information content (AvgIpc) is 3.22. The molecule has 0 fully saturated rings. The summed E-state index contributed by atoms with van der Waals surface area (Å²) in [6.45, 7) is 4.43. The summed E-state index contributed by atoms with van der Waals surface area (Å²) in [5, 5.41) is 3.49. The van der Waals surface area contributed by atoms with Crippen LogP contribution >= 0.6 is 27.3 Å². The number of fused-ring (bicyclic) bond motifs is 1. The zero-order chi connectivity index (χ0) is 16.8. The smallest absolute Gasteiger partial charge is 0.231 e. The predicted molar refractivity (Wildman–Crippen MR) is 100 cm³/mol. The van der Waals surface area contributed by atoms with E-state index in [1.54, 1.807) is 11.3 Å². The number of para-hydroxylation sites is 1. The lowest BCUT2D eigenvalue weighted by Gasteiger charge is -2.19. The second kappa shape index (κ2) is 8.74. The van der Waals surface area contributed by atoms with E-state index in [4.69, 9.17) is 14.2 Å². The van der Waals surface area contributed by atoms with Crippen molar-refractivity contribution in [3.8, 4) is 17.2 Å². The van der Waals surface area contributed by atoms with E-state index in [0.717, 1.165) is 34.8 Å². The van der Waals surface area contributed by atoms with E-state index in [1.165, 1.54) is 17.7 Å². The van der Waals surface area contributed by atoms with Crippen LogP contribution in [0.4, 0.5) is 0 Å². The van der Waals surface area contributed by atoms with Gasteiger partial charge in [0.15, 0.2) is 11.5 Å². The molecule has 1 aromatic carbocycles. The zero-order valence-corrected chi connectivity index (χ0v) is 16.1. The Labute approximate surface area is 155 Å². The number of hydrogen-bond acceptors (Lipinski definition) is 5. The molecule has 3 rings (SSSR count). The fourth-order valence-corrected chi connectivity index (χ4v) is 4.06. The lowest BCUT2D eigenvalue weighted by atomic mass is 10.2. The Morgan fingerprint density at radius 2 is 2.17 bits per heavy atom. The van der Waals surface area contributed by atoms with Crippen LogP contribution in [0, 0.1) is 0 Å². The fraction of sp³-hybridized carbons (Fsp3) is 0.444. The molecule has 4 nitrogen and oxygen atoms in total. The summed E-state index contributed by atoms with van der Waals surface area (Å²) < 4.78 is 18.4. The highest BCUT2D eigenvalue weighted by Crippen LogP contribution is 2.43. The van der Waals surface area contributed by atoms with Crippen molar-refractivity contribution in [3.05, 3.63) is 39.0 Å². The summed E-state index contributed by atoms with van der Waals surface area (Å²) >= 11 is 5.25. The Morgan fingerprint density at radius 3 is 2.96 bits per heavy atom. The third-order valence-corrected chi connectivity index (χ3v) is 5.55. The molecular weight excluding hydrogens is 390 g/mol. The van der Waals surface area contributed by atoms with Crippen LogP contribution in [0.3, 0.4) is 0 Å². The van der Waals surface area contributed by atoms with E-state index in [0.29, 0.717) is 5.75 Å². The quantitative estimate of drug-likeness (QED) is 0.579. The van der Waals surface area contributed by atoms with Gasteiger partial charge in [-0.05, 0) is 59.7 Å². The summed E-state index contributed by atoms with van der Waals surface area (Å²) in [5.41, 5.74) is 0. The number of ether oxygens (including phenoxy) is 3. The summed E-state index contributed by atoms with van der Waals surface area (Å²) in [7, 11) is 0. The first-order valence-corrected chi connectivity index (χ1v) is 9.90. The highest BCUT2D eigenvalue weighted by atomic mass is 79.9. The molecule has 2 heterocycles. The molecular formula is C18H22BrNO3S. The SMILES string of the molecule is CCCCNCCC(Oc1cccc2c1OCO2)c1ccc(Br)s1. The van der Waals surface area contributed by atoms with E-state index >= 15 is 0 Å². The molecule has 0 spiro atoms. The number of hydrogen-bond donors (Lipinski definition) is 1. The van der Waals surface area contributed by atoms with Gasteiger partial charge in [0, 0.05) is 11.3 Å². The van der Waals surface area contributed by atoms with Gasteiger partial charge in [-0.3, -0.25) is 0 Å². The van der Waals surface area contributed by atoms with Crippen molar-refractivity contribution >= 4 is 27.3 Å². The molecule has 1 aromatic heterocycles. The summed E-state index contributed by atoms with van der Waals surface area (Å²) in [5.74, 6) is 2.20. The maximum absolute atomic E-state index is 6.31. The van der Waals surface area contributed by atoms with Crippen molar-refractivity contribution < 1.29 is 14.2 Å². The number of halogens is 1. The van der Waals surface area contributed by atoms with Crippen LogP contribution in [0.25, 0.3) is 0 Å². The molecule has 1 aliphatic rings. The molecule has 0 saturated carbocycles. The van der Waals surface area contributed by atoms with Gasteiger partial charge in [-0.1, -0.05) is 19.4 Å². The third-order valence-electron chi connectivity index (χ3n) is 3.83. The molecule has 1 atom stereocenters. The first-order valence-electron chi connectivity index (χ1n) is 8.29. The van der Waals surface area contributed by atoms with Crippen molar-refractivity contribution in [2.45, 2.75) is 32.3 Å². The van der Waals surface area contributed by atoms with Gasteiger partial charge in [-0.25, -0.2) is 0 Å². The van der Waals surface area contributed by atoms with E-state index in [2.05, 4.69) is 40.3 Å². The fourth-order valence-electron chi connectivity index (χ4n) is 2.57. The number of benzene rings is 1. The Balaban J connectivity index is 1.69. The van der Waals surface area contributed by atoms with Crippen LogP contribution in [-0.4, -0.2) is 19.9 Å². The van der Waals surface area contributed by atoms with E-state index < -0.39 is 0 Å². The van der Waals surface area contributed by atoms with Gasteiger partial charge in [0.25, 0.3) is 0 Å². The third kappa shape index (κ3) is 4.43. The molecule has 1 aliphatic heterocycles. The van der Waals surface area contributed by atoms with Crippen LogP contribution in [-0.2, 0) is 0 Å². The van der Waals surface area contributed by atoms with Crippen LogP contribution < -0.4 is 19.5 Å².